The fraction of sp³-hybridized carbons (Fsp3) is 0.350. The van der Waals surface area contributed by atoms with Gasteiger partial charge < -0.3 is 9.64 Å². The van der Waals surface area contributed by atoms with Crippen molar-refractivity contribution in [3.63, 3.8) is 0 Å². The Morgan fingerprint density at radius 1 is 1.21 bits per heavy atom. The van der Waals surface area contributed by atoms with Gasteiger partial charge in [0.1, 0.15) is 16.5 Å². The predicted molar refractivity (Wildman–Crippen MR) is 103 cm³/mol. The number of nitrogens with zero attached hydrogens (tertiary/aromatic N) is 1. The molecule has 0 aromatic heterocycles. The summed E-state index contributed by atoms with van der Waals surface area (Å²) >= 11 is 0. The average Bonchev–Trinajstić information content (AvgIpc) is 3.49. The summed E-state index contributed by atoms with van der Waals surface area (Å²) in [5, 5.41) is 0. The van der Waals surface area contributed by atoms with Gasteiger partial charge in [0.15, 0.2) is 0 Å². The number of benzene rings is 2. The predicted octanol–water partition coefficient (Wildman–Crippen LogP) is 2.59. The van der Waals surface area contributed by atoms with Gasteiger partial charge in [0, 0.05) is 25.2 Å². The Labute approximate surface area is 164 Å². The first-order valence-corrected chi connectivity index (χ1v) is 10.5. The first kappa shape index (κ1) is 20.3. The maximum Gasteiger partial charge on any atom is 0.253 e. The molecule has 150 valence electrons. The Bertz CT molecular complexity index is 957. The quantitative estimate of drug-likeness (QED) is 0.731. The van der Waals surface area contributed by atoms with Gasteiger partial charge in [0.05, 0.1) is 7.11 Å². The van der Waals surface area contributed by atoms with Crippen molar-refractivity contribution in [1.82, 2.24) is 9.62 Å². The zero-order valence-corrected chi connectivity index (χ0v) is 16.6. The van der Waals surface area contributed by atoms with Crippen LogP contribution >= 0.6 is 0 Å². The van der Waals surface area contributed by atoms with Crippen molar-refractivity contribution in [3.8, 4) is 5.75 Å². The summed E-state index contributed by atoms with van der Waals surface area (Å²) in [6, 6.07) is 10.4. The Hall–Kier alpha value is -2.45. The minimum Gasteiger partial charge on any atom is -0.495 e. The van der Waals surface area contributed by atoms with Gasteiger partial charge in [-0.05, 0) is 55.2 Å². The molecule has 8 heteroatoms. The second-order valence-electron chi connectivity index (χ2n) is 6.86. The van der Waals surface area contributed by atoms with E-state index < -0.39 is 10.0 Å². The van der Waals surface area contributed by atoms with Crippen LogP contribution in [0.25, 0.3) is 0 Å². The van der Waals surface area contributed by atoms with E-state index in [1.165, 1.54) is 36.3 Å². The molecule has 0 spiro atoms. The van der Waals surface area contributed by atoms with Crippen LogP contribution in [0.2, 0.25) is 0 Å². The topological polar surface area (TPSA) is 75.7 Å². The van der Waals surface area contributed by atoms with Crippen molar-refractivity contribution in [2.24, 2.45) is 0 Å². The van der Waals surface area contributed by atoms with Crippen molar-refractivity contribution >= 4 is 15.9 Å². The van der Waals surface area contributed by atoms with E-state index in [0.29, 0.717) is 13.0 Å². The van der Waals surface area contributed by atoms with E-state index in [-0.39, 0.29) is 34.0 Å². The van der Waals surface area contributed by atoms with Crippen LogP contribution in [0, 0.1) is 5.82 Å². The molecule has 1 amide bonds. The van der Waals surface area contributed by atoms with Gasteiger partial charge in [-0.1, -0.05) is 12.1 Å². The molecular weight excluding hydrogens is 383 g/mol. The van der Waals surface area contributed by atoms with E-state index in [0.717, 1.165) is 18.4 Å². The average molecular weight is 406 g/mol. The molecule has 2 aromatic rings. The lowest BCUT2D eigenvalue weighted by Crippen LogP contribution is -2.30. The van der Waals surface area contributed by atoms with Crippen molar-refractivity contribution in [2.75, 3.05) is 20.7 Å². The molecule has 0 aliphatic heterocycles. The highest BCUT2D eigenvalue weighted by Crippen LogP contribution is 2.28. The summed E-state index contributed by atoms with van der Waals surface area (Å²) in [4.78, 5) is 14.2. The molecule has 1 saturated carbocycles. The standard InChI is InChI=1S/C20H23FN2O4S/c1-23(12-11-14-3-6-16(21)7-4-14)20(24)15-5-10-18(27-2)19(13-15)28(25,26)22-17-8-9-17/h3-7,10,13,17,22H,8-9,11-12H2,1-2H3. The van der Waals surface area contributed by atoms with Crippen LogP contribution in [0.15, 0.2) is 47.4 Å². The summed E-state index contributed by atoms with van der Waals surface area (Å²) in [5.74, 6) is -0.411. The Kier molecular flexibility index (Phi) is 6.00. The molecule has 2 aromatic carbocycles. The summed E-state index contributed by atoms with van der Waals surface area (Å²) in [6.45, 7) is 0.416. The highest BCUT2D eigenvalue weighted by Gasteiger charge is 2.30. The smallest absolute Gasteiger partial charge is 0.253 e. The number of ether oxygens (including phenoxy) is 1. The minimum atomic E-state index is -3.76. The molecular formula is C20H23FN2O4S. The highest BCUT2D eigenvalue weighted by atomic mass is 32.2. The fourth-order valence-electron chi connectivity index (χ4n) is 2.77. The summed E-state index contributed by atoms with van der Waals surface area (Å²) in [6.07, 6.45) is 2.19. The SMILES string of the molecule is COc1ccc(C(=O)N(C)CCc2ccc(F)cc2)cc1S(=O)(=O)NC1CC1. The molecule has 0 radical (unpaired) electrons. The van der Waals surface area contributed by atoms with Crippen LogP contribution in [0.1, 0.15) is 28.8 Å². The van der Waals surface area contributed by atoms with Crippen molar-refractivity contribution in [1.29, 1.82) is 0 Å². The molecule has 1 aliphatic rings. The van der Waals surface area contributed by atoms with Gasteiger partial charge in [-0.2, -0.15) is 0 Å². The minimum absolute atomic E-state index is 0.0420. The molecule has 0 atom stereocenters. The largest absolute Gasteiger partial charge is 0.495 e. The third-order valence-electron chi connectivity index (χ3n) is 4.60. The number of hydrogen-bond acceptors (Lipinski definition) is 4. The lowest BCUT2D eigenvalue weighted by atomic mass is 10.1. The van der Waals surface area contributed by atoms with E-state index in [4.69, 9.17) is 4.74 Å². The van der Waals surface area contributed by atoms with Crippen LogP contribution in [0.3, 0.4) is 0 Å². The molecule has 1 aliphatic carbocycles. The van der Waals surface area contributed by atoms with E-state index >= 15 is 0 Å². The molecule has 1 fully saturated rings. The van der Waals surface area contributed by atoms with Gasteiger partial charge in [0.25, 0.3) is 5.91 Å². The number of nitrogens with one attached hydrogen (secondary N) is 1. The van der Waals surface area contributed by atoms with Gasteiger partial charge >= 0.3 is 0 Å². The van der Waals surface area contributed by atoms with E-state index in [1.807, 2.05) is 0 Å². The number of rotatable bonds is 8. The second kappa shape index (κ2) is 8.28. The first-order chi connectivity index (χ1) is 13.3. The summed E-state index contributed by atoms with van der Waals surface area (Å²) in [5.41, 5.74) is 1.17. The molecule has 3 rings (SSSR count). The number of methoxy groups -OCH3 is 1. The van der Waals surface area contributed by atoms with Crippen LogP contribution in [0.5, 0.6) is 5.75 Å². The number of amides is 1. The Balaban J connectivity index is 1.75. The highest BCUT2D eigenvalue weighted by molar-refractivity contribution is 7.89. The van der Waals surface area contributed by atoms with E-state index in [2.05, 4.69) is 4.72 Å². The monoisotopic (exact) mass is 406 g/mol. The number of carbonyl (C=O) groups is 1. The number of sulfonamides is 1. The summed E-state index contributed by atoms with van der Waals surface area (Å²) in [7, 11) is -0.726. The van der Waals surface area contributed by atoms with Crippen molar-refractivity contribution in [3.05, 3.63) is 59.4 Å². The van der Waals surface area contributed by atoms with Gasteiger partial charge in [0.2, 0.25) is 10.0 Å². The van der Waals surface area contributed by atoms with Crippen LogP contribution in [-0.4, -0.2) is 46.0 Å². The Morgan fingerprint density at radius 3 is 2.50 bits per heavy atom. The van der Waals surface area contributed by atoms with Crippen molar-refractivity contribution < 1.29 is 22.3 Å². The molecule has 28 heavy (non-hydrogen) atoms. The molecule has 0 saturated heterocycles. The maximum atomic E-state index is 13.0. The van der Waals surface area contributed by atoms with E-state index in [9.17, 15) is 17.6 Å². The lowest BCUT2D eigenvalue weighted by molar-refractivity contribution is 0.0796. The number of carbonyl (C=O) groups excluding carboxylic acids is 1. The van der Waals surface area contributed by atoms with Crippen LogP contribution < -0.4 is 9.46 Å². The number of likely N-dealkylation sites (N-methyl/N-ethyl adjacent to an activating group) is 1. The maximum absolute atomic E-state index is 13.0. The van der Waals surface area contributed by atoms with Gasteiger partial charge in [-0.15, -0.1) is 0 Å². The molecule has 6 nitrogen and oxygen atoms in total. The van der Waals surface area contributed by atoms with E-state index in [1.54, 1.807) is 25.2 Å². The van der Waals surface area contributed by atoms with Crippen molar-refractivity contribution in [2.45, 2.75) is 30.2 Å². The third-order valence-corrected chi connectivity index (χ3v) is 6.14. The Morgan fingerprint density at radius 2 is 1.89 bits per heavy atom. The molecule has 0 bridgehead atoms. The fourth-order valence-corrected chi connectivity index (χ4v) is 4.27. The zero-order valence-electron chi connectivity index (χ0n) is 15.8. The van der Waals surface area contributed by atoms with Gasteiger partial charge in [-0.25, -0.2) is 17.5 Å². The van der Waals surface area contributed by atoms with Crippen LogP contribution in [-0.2, 0) is 16.4 Å². The molecule has 1 N–H and O–H groups in total. The normalized spacial score (nSPS) is 14.0. The second-order valence-corrected chi connectivity index (χ2v) is 8.55. The van der Waals surface area contributed by atoms with Gasteiger partial charge in [-0.3, -0.25) is 4.79 Å². The number of halogens is 1. The number of hydrogen-bond donors (Lipinski definition) is 1. The first-order valence-electron chi connectivity index (χ1n) is 9.00. The zero-order chi connectivity index (χ0) is 20.3. The summed E-state index contributed by atoms with van der Waals surface area (Å²) < 4.78 is 46.0. The molecule has 0 unspecified atom stereocenters. The van der Waals surface area contributed by atoms with Crippen LogP contribution in [0.4, 0.5) is 4.39 Å². The molecule has 0 heterocycles. The lowest BCUT2D eigenvalue weighted by Gasteiger charge is -2.18. The third kappa shape index (κ3) is 4.88.